The van der Waals surface area contributed by atoms with Gasteiger partial charge in [-0.15, -0.1) is 0 Å². The number of fused-ring (bicyclic) bond motifs is 1. The summed E-state index contributed by atoms with van der Waals surface area (Å²) in [6.07, 6.45) is 5.69. The molecule has 9 heteroatoms. The summed E-state index contributed by atoms with van der Waals surface area (Å²) in [6, 6.07) is 10.6. The first-order chi connectivity index (χ1) is 16.9. The maximum absolute atomic E-state index is 12.2. The fraction of sp³-hybridized carbons (Fsp3) is 0.462. The molecule has 1 aromatic carbocycles. The number of hydrogen-bond acceptors (Lipinski definition) is 5. The molecule has 2 aliphatic heterocycles. The van der Waals surface area contributed by atoms with Gasteiger partial charge in [-0.05, 0) is 61.1 Å². The Kier molecular flexibility index (Phi) is 6.55. The molecule has 2 fully saturated rings. The number of carbonyl (C=O) groups excluding carboxylic acids is 1. The lowest BCUT2D eigenvalue weighted by atomic mass is 9.89. The Balaban J connectivity index is 1.31. The van der Waals surface area contributed by atoms with Crippen molar-refractivity contribution in [2.75, 3.05) is 49.9 Å². The third-order valence-corrected chi connectivity index (χ3v) is 9.38. The molecule has 0 atom stereocenters. The van der Waals surface area contributed by atoms with Crippen LogP contribution >= 0.6 is 0 Å². The van der Waals surface area contributed by atoms with Gasteiger partial charge >= 0.3 is 0 Å². The molecule has 0 radical (unpaired) electrons. The number of aromatic nitrogens is 2. The summed E-state index contributed by atoms with van der Waals surface area (Å²) in [6.45, 7) is 7.54. The van der Waals surface area contributed by atoms with Crippen molar-refractivity contribution in [2.45, 2.75) is 32.6 Å². The van der Waals surface area contributed by atoms with E-state index in [-0.39, 0.29) is 11.7 Å². The van der Waals surface area contributed by atoms with Gasteiger partial charge in [0.2, 0.25) is 15.9 Å². The highest BCUT2D eigenvalue weighted by atomic mass is 32.2. The number of nitrogens with zero attached hydrogens (tertiary/aromatic N) is 4. The van der Waals surface area contributed by atoms with E-state index in [0.29, 0.717) is 19.0 Å². The van der Waals surface area contributed by atoms with Gasteiger partial charge in [-0.3, -0.25) is 4.79 Å². The van der Waals surface area contributed by atoms with E-state index >= 15 is 0 Å². The van der Waals surface area contributed by atoms with Crippen molar-refractivity contribution in [1.82, 2.24) is 19.2 Å². The Bertz CT molecular complexity index is 1300. The van der Waals surface area contributed by atoms with Crippen molar-refractivity contribution in [2.24, 2.45) is 0 Å². The van der Waals surface area contributed by atoms with E-state index in [4.69, 9.17) is 4.98 Å². The van der Waals surface area contributed by atoms with E-state index in [0.717, 1.165) is 61.5 Å². The van der Waals surface area contributed by atoms with Gasteiger partial charge < -0.3 is 14.8 Å². The van der Waals surface area contributed by atoms with Crippen molar-refractivity contribution in [3.63, 3.8) is 0 Å². The van der Waals surface area contributed by atoms with Crippen LogP contribution in [0.25, 0.3) is 22.0 Å². The van der Waals surface area contributed by atoms with Gasteiger partial charge in [0.1, 0.15) is 5.82 Å². The number of hydrogen-bond donors (Lipinski definition) is 1. The van der Waals surface area contributed by atoms with Crippen LogP contribution < -0.4 is 4.90 Å². The number of carbonyl (C=O) groups is 1. The zero-order chi connectivity index (χ0) is 24.6. The van der Waals surface area contributed by atoms with Crippen LogP contribution in [0.2, 0.25) is 0 Å². The topological polar surface area (TPSA) is 89.6 Å². The molecule has 2 aromatic heterocycles. The van der Waals surface area contributed by atoms with Gasteiger partial charge in [0, 0.05) is 75.1 Å². The number of rotatable bonds is 5. The van der Waals surface area contributed by atoms with Crippen molar-refractivity contribution < 1.29 is 13.2 Å². The van der Waals surface area contributed by atoms with Crippen molar-refractivity contribution in [1.29, 1.82) is 0 Å². The van der Waals surface area contributed by atoms with E-state index in [1.807, 2.05) is 11.1 Å². The number of aromatic amines is 1. The molecule has 0 unspecified atom stereocenters. The summed E-state index contributed by atoms with van der Waals surface area (Å²) in [5, 5.41) is 1.20. The fourth-order valence-corrected chi connectivity index (χ4v) is 6.41. The van der Waals surface area contributed by atoms with Gasteiger partial charge in [0.25, 0.3) is 0 Å². The molecular weight excluding hydrogens is 462 g/mol. The first-order valence-electron chi connectivity index (χ1n) is 12.4. The fourth-order valence-electron chi connectivity index (χ4n) is 5.28. The lowest BCUT2D eigenvalue weighted by Crippen LogP contribution is -2.48. The lowest BCUT2D eigenvalue weighted by Gasteiger charge is -2.34. The average Bonchev–Trinajstić information content (AvgIpc) is 3.32. The summed E-state index contributed by atoms with van der Waals surface area (Å²) < 4.78 is 26.1. The van der Waals surface area contributed by atoms with Crippen LogP contribution in [-0.2, 0) is 14.8 Å². The summed E-state index contributed by atoms with van der Waals surface area (Å²) >= 11 is 0. The quantitative estimate of drug-likeness (QED) is 0.586. The molecule has 2 saturated heterocycles. The standard InChI is InChI=1S/C26H33N5O3S/c1-3-35(33,34)31-10-8-20(9-11-31)24-18-27-25-6-4-21(16-23(24)25)22-5-7-26(28-17-22)30-14-12-29(13-15-30)19(2)32/h4-7,16-18,20,27H,3,8-15H2,1-2H3. The minimum Gasteiger partial charge on any atom is -0.361 e. The number of pyridine rings is 1. The zero-order valence-electron chi connectivity index (χ0n) is 20.4. The summed E-state index contributed by atoms with van der Waals surface area (Å²) in [7, 11) is -3.12. The van der Waals surface area contributed by atoms with E-state index in [1.165, 1.54) is 10.9 Å². The van der Waals surface area contributed by atoms with E-state index in [1.54, 1.807) is 18.2 Å². The molecule has 186 valence electrons. The Morgan fingerprint density at radius 1 is 1.03 bits per heavy atom. The second-order valence-electron chi connectivity index (χ2n) is 9.48. The molecule has 3 aromatic rings. The largest absolute Gasteiger partial charge is 0.361 e. The maximum Gasteiger partial charge on any atom is 0.219 e. The van der Waals surface area contributed by atoms with Crippen LogP contribution in [0.15, 0.2) is 42.7 Å². The SMILES string of the molecule is CCS(=O)(=O)N1CCC(c2c[nH]c3ccc(-c4ccc(N5CCN(C(C)=O)CC5)nc4)cc23)CC1. The second-order valence-corrected chi connectivity index (χ2v) is 11.7. The molecule has 8 nitrogen and oxygen atoms in total. The number of nitrogens with one attached hydrogen (secondary N) is 1. The molecule has 0 spiro atoms. The zero-order valence-corrected chi connectivity index (χ0v) is 21.2. The van der Waals surface area contributed by atoms with Crippen LogP contribution in [0, 0.1) is 0 Å². The van der Waals surface area contributed by atoms with Gasteiger partial charge in [0.15, 0.2) is 0 Å². The predicted molar refractivity (Wildman–Crippen MR) is 139 cm³/mol. The Labute approximate surface area is 207 Å². The Morgan fingerprint density at radius 3 is 2.37 bits per heavy atom. The highest BCUT2D eigenvalue weighted by Crippen LogP contribution is 2.36. The smallest absolute Gasteiger partial charge is 0.219 e. The maximum atomic E-state index is 12.2. The van der Waals surface area contributed by atoms with Crippen LogP contribution in [0.5, 0.6) is 0 Å². The summed E-state index contributed by atoms with van der Waals surface area (Å²) in [5.74, 6) is 1.57. The van der Waals surface area contributed by atoms with Crippen molar-refractivity contribution >= 4 is 32.7 Å². The van der Waals surface area contributed by atoms with Crippen molar-refractivity contribution in [3.05, 3.63) is 48.3 Å². The molecule has 0 saturated carbocycles. The summed E-state index contributed by atoms with van der Waals surface area (Å²) in [5.41, 5.74) is 4.54. The number of piperidine rings is 1. The third kappa shape index (κ3) is 4.79. The minimum atomic E-state index is -3.12. The van der Waals surface area contributed by atoms with E-state index in [2.05, 4.69) is 46.4 Å². The summed E-state index contributed by atoms with van der Waals surface area (Å²) in [4.78, 5) is 23.8. The van der Waals surface area contributed by atoms with Crippen LogP contribution in [-0.4, -0.2) is 78.5 Å². The van der Waals surface area contributed by atoms with E-state index < -0.39 is 10.0 Å². The first-order valence-corrected chi connectivity index (χ1v) is 14.0. The minimum absolute atomic E-state index is 0.129. The molecule has 0 aliphatic carbocycles. The van der Waals surface area contributed by atoms with Gasteiger partial charge in [-0.25, -0.2) is 17.7 Å². The first kappa shape index (κ1) is 23.8. The van der Waals surface area contributed by atoms with Crippen LogP contribution in [0.4, 0.5) is 5.82 Å². The number of amides is 1. The monoisotopic (exact) mass is 495 g/mol. The number of anilines is 1. The number of benzene rings is 1. The number of H-pyrrole nitrogens is 1. The highest BCUT2D eigenvalue weighted by molar-refractivity contribution is 7.89. The van der Waals surface area contributed by atoms with E-state index in [9.17, 15) is 13.2 Å². The van der Waals surface area contributed by atoms with Crippen LogP contribution in [0.3, 0.4) is 0 Å². The number of piperazine rings is 1. The molecule has 5 rings (SSSR count). The van der Waals surface area contributed by atoms with Crippen LogP contribution in [0.1, 0.15) is 38.2 Å². The molecule has 4 heterocycles. The molecule has 35 heavy (non-hydrogen) atoms. The number of sulfonamides is 1. The normalized spacial score (nSPS) is 18.3. The molecular formula is C26H33N5O3S. The molecule has 0 bridgehead atoms. The second kappa shape index (κ2) is 9.62. The molecule has 2 aliphatic rings. The molecule has 1 N–H and O–H groups in total. The lowest BCUT2D eigenvalue weighted by molar-refractivity contribution is -0.129. The highest BCUT2D eigenvalue weighted by Gasteiger charge is 2.28. The Morgan fingerprint density at radius 2 is 1.74 bits per heavy atom. The predicted octanol–water partition coefficient (Wildman–Crippen LogP) is 3.43. The average molecular weight is 496 g/mol. The van der Waals surface area contributed by atoms with Gasteiger partial charge in [-0.1, -0.05) is 6.07 Å². The van der Waals surface area contributed by atoms with Gasteiger partial charge in [0.05, 0.1) is 5.75 Å². The third-order valence-electron chi connectivity index (χ3n) is 7.50. The molecule has 1 amide bonds. The van der Waals surface area contributed by atoms with Crippen molar-refractivity contribution in [3.8, 4) is 11.1 Å². The van der Waals surface area contributed by atoms with Gasteiger partial charge in [-0.2, -0.15) is 0 Å². The Hall–Kier alpha value is -2.91.